The van der Waals surface area contributed by atoms with Gasteiger partial charge in [0, 0.05) is 5.54 Å². The summed E-state index contributed by atoms with van der Waals surface area (Å²) in [6.45, 7) is 7.06. The highest BCUT2D eigenvalue weighted by atomic mass is 28.3. The van der Waals surface area contributed by atoms with Gasteiger partial charge < -0.3 is 0 Å². The first-order valence-electron chi connectivity index (χ1n) is 5.34. The second-order valence-electron chi connectivity index (χ2n) is 3.71. The predicted octanol–water partition coefficient (Wildman–Crippen LogP) is 3.94. The summed E-state index contributed by atoms with van der Waals surface area (Å²) < 4.78 is 0. The van der Waals surface area contributed by atoms with Gasteiger partial charge in [-0.1, -0.05) is 20.8 Å². The molecule has 0 aromatic carbocycles. The maximum absolute atomic E-state index is 2.35. The molecule has 13 heavy (non-hydrogen) atoms. The van der Waals surface area contributed by atoms with E-state index in [1.165, 1.54) is 18.1 Å². The third kappa shape index (κ3) is 2.02. The maximum Gasteiger partial charge on any atom is 0.147 e. The Kier molecular flexibility index (Phi) is 3.73. The Morgan fingerprint density at radius 3 is 1.85 bits per heavy atom. The Balaban J connectivity index is 2.79. The molecule has 0 radical (unpaired) electrons. The summed E-state index contributed by atoms with van der Waals surface area (Å²) in [7, 11) is -1.09. The van der Waals surface area contributed by atoms with Crippen LogP contribution in [0.15, 0.2) is 24.3 Å². The SMILES string of the molecule is CC[Si-](CC)(CC)[C+]1C=C[CH+]C=C1. The third-order valence-electron chi connectivity index (χ3n) is 3.42. The number of rotatable bonds is 4. The van der Waals surface area contributed by atoms with Crippen molar-refractivity contribution >= 4 is 8.07 Å². The van der Waals surface area contributed by atoms with Crippen LogP contribution in [0.5, 0.6) is 0 Å². The molecule has 0 aromatic rings. The molecule has 1 aliphatic rings. The van der Waals surface area contributed by atoms with Crippen LogP contribution in [0.25, 0.3) is 0 Å². The molecule has 0 unspecified atom stereocenters. The van der Waals surface area contributed by atoms with Gasteiger partial charge in [0.1, 0.15) is 30.7 Å². The summed E-state index contributed by atoms with van der Waals surface area (Å²) in [5, 5.41) is 0. The van der Waals surface area contributed by atoms with Crippen molar-refractivity contribution in [2.45, 2.75) is 38.9 Å². The lowest BCUT2D eigenvalue weighted by Gasteiger charge is -2.37. The molecule has 1 aliphatic carbocycles. The van der Waals surface area contributed by atoms with Gasteiger partial charge in [-0.05, 0) is 8.07 Å². The van der Waals surface area contributed by atoms with Crippen molar-refractivity contribution in [1.82, 2.24) is 0 Å². The van der Waals surface area contributed by atoms with Gasteiger partial charge in [-0.2, -0.15) is 0 Å². The van der Waals surface area contributed by atoms with Gasteiger partial charge in [-0.15, -0.1) is 18.1 Å². The number of hydrogen-bond acceptors (Lipinski definition) is 0. The Morgan fingerprint density at radius 2 is 1.46 bits per heavy atom. The van der Waals surface area contributed by atoms with E-state index < -0.39 is 8.07 Å². The van der Waals surface area contributed by atoms with Crippen LogP contribution < -0.4 is 0 Å². The van der Waals surface area contributed by atoms with Crippen molar-refractivity contribution < 1.29 is 0 Å². The van der Waals surface area contributed by atoms with Crippen molar-refractivity contribution in [3.8, 4) is 0 Å². The molecule has 0 N–H and O–H groups in total. The minimum Gasteiger partial charge on any atom is -0.142 e. The molecule has 0 aliphatic heterocycles. The second-order valence-corrected chi connectivity index (χ2v) is 8.97. The molecular formula is C12H20Si+. The van der Waals surface area contributed by atoms with Crippen LogP contribution in [0.4, 0.5) is 0 Å². The standard InChI is InChI=1S/C12H20Si/c1-4-13(5-2,6-3)12-10-8-7-9-11-12/h7-11H,4-6H2,1-3H3/q+1. The van der Waals surface area contributed by atoms with Crippen molar-refractivity contribution in [3.05, 3.63) is 36.3 Å². The smallest absolute Gasteiger partial charge is 0.142 e. The van der Waals surface area contributed by atoms with Crippen LogP contribution in [0.1, 0.15) is 20.8 Å². The molecule has 0 saturated heterocycles. The number of hydrogen-bond donors (Lipinski definition) is 0. The largest absolute Gasteiger partial charge is 0.147 e. The minimum absolute atomic E-state index is 1.09. The van der Waals surface area contributed by atoms with Crippen molar-refractivity contribution in [1.29, 1.82) is 0 Å². The summed E-state index contributed by atoms with van der Waals surface area (Å²) in [6, 6.07) is 4.14. The van der Waals surface area contributed by atoms with E-state index in [0.29, 0.717) is 0 Å². The molecule has 1 rings (SSSR count). The Labute approximate surface area is 83.7 Å². The second kappa shape index (κ2) is 4.61. The van der Waals surface area contributed by atoms with Crippen LogP contribution >= 0.6 is 0 Å². The zero-order valence-electron chi connectivity index (χ0n) is 9.01. The monoisotopic (exact) mass is 192 g/mol. The van der Waals surface area contributed by atoms with E-state index in [1.54, 1.807) is 5.54 Å². The lowest BCUT2D eigenvalue weighted by molar-refractivity contribution is 1.15. The molecule has 71 valence electrons. The summed E-state index contributed by atoms with van der Waals surface area (Å²) in [4.78, 5) is 0. The molecule has 0 bridgehead atoms. The van der Waals surface area contributed by atoms with E-state index in [0.717, 1.165) is 0 Å². The molecule has 0 spiro atoms. The van der Waals surface area contributed by atoms with E-state index in [2.05, 4.69) is 51.5 Å². The van der Waals surface area contributed by atoms with Gasteiger partial charge >= 0.3 is 0 Å². The van der Waals surface area contributed by atoms with Crippen molar-refractivity contribution in [2.24, 2.45) is 0 Å². The van der Waals surface area contributed by atoms with Gasteiger partial charge in [-0.25, -0.2) is 0 Å². The summed E-state index contributed by atoms with van der Waals surface area (Å²) >= 11 is 0. The molecule has 0 aromatic heterocycles. The predicted molar refractivity (Wildman–Crippen MR) is 63.0 cm³/mol. The Morgan fingerprint density at radius 1 is 1.00 bits per heavy atom. The topological polar surface area (TPSA) is 0 Å². The molecule has 0 saturated carbocycles. The first kappa shape index (κ1) is 10.5. The fraction of sp³-hybridized carbons (Fsp3) is 0.500. The zero-order chi connectivity index (χ0) is 9.73. The number of allylic oxidation sites excluding steroid dienone is 4. The van der Waals surface area contributed by atoms with Gasteiger partial charge in [0.25, 0.3) is 0 Å². The highest BCUT2D eigenvalue weighted by molar-refractivity contribution is 6.86. The van der Waals surface area contributed by atoms with Crippen molar-refractivity contribution in [2.75, 3.05) is 0 Å². The van der Waals surface area contributed by atoms with E-state index in [1.807, 2.05) is 0 Å². The van der Waals surface area contributed by atoms with Crippen molar-refractivity contribution in [3.63, 3.8) is 0 Å². The Bertz CT molecular complexity index is 179. The van der Waals surface area contributed by atoms with E-state index >= 15 is 0 Å². The van der Waals surface area contributed by atoms with Crippen LogP contribution in [-0.2, 0) is 0 Å². The van der Waals surface area contributed by atoms with Crippen LogP contribution in [0.2, 0.25) is 18.1 Å². The molecule has 1 heteroatoms. The maximum atomic E-state index is 2.35. The molecular weight excluding hydrogens is 172 g/mol. The lowest BCUT2D eigenvalue weighted by Crippen LogP contribution is -2.38. The lowest BCUT2D eigenvalue weighted by atomic mass is 10.2. The molecule has 0 amide bonds. The zero-order valence-corrected chi connectivity index (χ0v) is 10.0. The highest BCUT2D eigenvalue weighted by Crippen LogP contribution is 2.33. The van der Waals surface area contributed by atoms with Gasteiger partial charge in [0.05, 0.1) is 0 Å². The van der Waals surface area contributed by atoms with Gasteiger partial charge in [0.2, 0.25) is 0 Å². The van der Waals surface area contributed by atoms with Crippen LogP contribution in [-0.4, -0.2) is 8.07 Å². The summed E-state index contributed by atoms with van der Waals surface area (Å²) in [6.07, 6.45) is 11.1. The Hall–Kier alpha value is -0.563. The molecule has 0 heterocycles. The summed E-state index contributed by atoms with van der Waals surface area (Å²) in [5.41, 5.74) is 1.64. The normalized spacial score (nSPS) is 16.1. The first-order chi connectivity index (χ1) is 6.29. The van der Waals surface area contributed by atoms with Gasteiger partial charge in [0.15, 0.2) is 0 Å². The third-order valence-corrected chi connectivity index (χ3v) is 9.04. The fourth-order valence-electron chi connectivity index (χ4n) is 2.15. The minimum atomic E-state index is -1.09. The van der Waals surface area contributed by atoms with Crippen LogP contribution in [0, 0.1) is 12.0 Å². The average Bonchev–Trinajstić information content (AvgIpc) is 2.23. The highest BCUT2D eigenvalue weighted by Gasteiger charge is 2.32. The molecule has 0 atom stereocenters. The van der Waals surface area contributed by atoms with E-state index in [-0.39, 0.29) is 0 Å². The van der Waals surface area contributed by atoms with Gasteiger partial charge in [-0.3, -0.25) is 0 Å². The van der Waals surface area contributed by atoms with E-state index in [4.69, 9.17) is 0 Å². The molecule has 0 nitrogen and oxygen atoms in total. The fourth-order valence-corrected chi connectivity index (χ4v) is 5.78. The average molecular weight is 192 g/mol. The van der Waals surface area contributed by atoms with E-state index in [9.17, 15) is 0 Å². The molecule has 0 fully saturated rings. The van der Waals surface area contributed by atoms with Crippen LogP contribution in [0.3, 0.4) is 0 Å². The first-order valence-corrected chi connectivity index (χ1v) is 7.96. The summed E-state index contributed by atoms with van der Waals surface area (Å²) in [5.74, 6) is 0. The quantitative estimate of drug-likeness (QED) is 0.467.